The van der Waals surface area contributed by atoms with Gasteiger partial charge in [0.2, 0.25) is 0 Å². The highest BCUT2D eigenvalue weighted by molar-refractivity contribution is 5.58. The molecule has 16 nitrogen and oxygen atoms in total. The van der Waals surface area contributed by atoms with Crippen molar-refractivity contribution in [1.29, 1.82) is 0 Å². The van der Waals surface area contributed by atoms with E-state index in [9.17, 15) is 0 Å². The third-order valence-electron chi connectivity index (χ3n) is 16.8. The SMILES string of the molecule is CCCCCCCCCCc1cnc(-c2ccc(OCCOC)cc2)nc1.CCCCCCCCCc1cnc(-c2ccc(OCCOC)cc2)nc1.CCCCCCCc1cnc(-c2ccc(OCCOC)cc2)nc1.CCCCCCc1cnc(-c2ccc(OCCOC)cc2)nc1. The number of nitrogens with zero attached hydrogens (tertiary/aromatic N) is 8. The lowest BCUT2D eigenvalue weighted by molar-refractivity contribution is 0.146. The fourth-order valence-corrected chi connectivity index (χ4v) is 10.7. The normalized spacial score (nSPS) is 10.8. The Labute approximate surface area is 601 Å². The van der Waals surface area contributed by atoms with Crippen molar-refractivity contribution in [3.8, 4) is 68.5 Å². The number of hydrogen-bond acceptors (Lipinski definition) is 16. The van der Waals surface area contributed by atoms with E-state index in [0.717, 1.165) is 94.2 Å². The van der Waals surface area contributed by atoms with Crippen LogP contribution in [0, 0.1) is 0 Å². The largest absolute Gasteiger partial charge is 0.491 e. The molecule has 0 aliphatic heterocycles. The number of unbranched alkanes of at least 4 members (excludes halogenated alkanes) is 20. The molecule has 0 aliphatic rings. The van der Waals surface area contributed by atoms with Crippen LogP contribution in [0.3, 0.4) is 0 Å². The molecule has 100 heavy (non-hydrogen) atoms. The zero-order valence-corrected chi connectivity index (χ0v) is 62.2. The smallest absolute Gasteiger partial charge is 0.159 e. The van der Waals surface area contributed by atoms with E-state index in [0.29, 0.717) is 52.9 Å². The number of hydrogen-bond donors (Lipinski definition) is 0. The first kappa shape index (κ1) is 82.9. The Bertz CT molecular complexity index is 3200. The van der Waals surface area contributed by atoms with Crippen LogP contribution in [0.15, 0.2) is 147 Å². The van der Waals surface area contributed by atoms with Gasteiger partial charge >= 0.3 is 0 Å². The Hall–Kier alpha value is -7.76. The van der Waals surface area contributed by atoms with Gasteiger partial charge in [0.15, 0.2) is 23.3 Å². The van der Waals surface area contributed by atoms with Gasteiger partial charge in [-0.05, 0) is 171 Å². The Kier molecular flexibility index (Phi) is 45.6. The molecule has 0 atom stereocenters. The summed E-state index contributed by atoms with van der Waals surface area (Å²) in [6.07, 6.45) is 51.5. The summed E-state index contributed by atoms with van der Waals surface area (Å²) in [5.41, 5.74) is 8.90. The van der Waals surface area contributed by atoms with E-state index in [1.807, 2.05) is 147 Å². The van der Waals surface area contributed by atoms with Crippen molar-refractivity contribution in [3.05, 3.63) is 169 Å². The van der Waals surface area contributed by atoms with E-state index in [2.05, 4.69) is 67.6 Å². The van der Waals surface area contributed by atoms with E-state index in [1.165, 1.54) is 176 Å². The van der Waals surface area contributed by atoms with E-state index in [4.69, 9.17) is 37.9 Å². The molecule has 0 aliphatic carbocycles. The summed E-state index contributed by atoms with van der Waals surface area (Å²) < 4.78 is 42.2. The zero-order valence-electron chi connectivity index (χ0n) is 62.2. The van der Waals surface area contributed by atoms with Gasteiger partial charge in [-0.1, -0.05) is 156 Å². The summed E-state index contributed by atoms with van der Waals surface area (Å²) in [5, 5.41) is 0. The maximum absolute atomic E-state index is 5.58. The first-order valence-corrected chi connectivity index (χ1v) is 37.5. The Morgan fingerprint density at radius 3 is 0.560 bits per heavy atom. The molecule has 0 amide bonds. The lowest BCUT2D eigenvalue weighted by Crippen LogP contribution is -2.04. The van der Waals surface area contributed by atoms with Gasteiger partial charge in [-0.2, -0.15) is 0 Å². The van der Waals surface area contributed by atoms with Crippen molar-refractivity contribution in [2.75, 3.05) is 81.3 Å². The molecular formula is C84H120N8O8. The predicted molar refractivity (Wildman–Crippen MR) is 408 cm³/mol. The van der Waals surface area contributed by atoms with E-state index in [1.54, 1.807) is 28.4 Å². The van der Waals surface area contributed by atoms with Crippen LogP contribution in [-0.2, 0) is 44.6 Å². The number of ether oxygens (including phenoxy) is 8. The summed E-state index contributed by atoms with van der Waals surface area (Å²) in [6, 6.07) is 31.5. The Balaban J connectivity index is 0.000000241. The summed E-state index contributed by atoms with van der Waals surface area (Å²) in [6.45, 7) is 13.6. The van der Waals surface area contributed by atoms with Crippen molar-refractivity contribution in [2.24, 2.45) is 0 Å². The molecular weight excluding hydrogens is 1250 g/mol. The van der Waals surface area contributed by atoms with Gasteiger partial charge in [0.05, 0.1) is 26.4 Å². The average Bonchev–Trinajstić information content (AvgIpc) is 0.889. The summed E-state index contributed by atoms with van der Waals surface area (Å²) in [7, 11) is 6.67. The van der Waals surface area contributed by atoms with Gasteiger partial charge in [0, 0.05) is 100 Å². The van der Waals surface area contributed by atoms with Crippen LogP contribution in [0.5, 0.6) is 23.0 Å². The average molecular weight is 1370 g/mol. The fourth-order valence-electron chi connectivity index (χ4n) is 10.7. The summed E-state index contributed by atoms with van der Waals surface area (Å²) in [5.74, 6) is 6.37. The van der Waals surface area contributed by atoms with Gasteiger partial charge in [0.1, 0.15) is 49.4 Å². The molecule has 8 aromatic rings. The third kappa shape index (κ3) is 36.5. The number of benzene rings is 4. The number of aromatic nitrogens is 8. The second-order valence-electron chi connectivity index (χ2n) is 25.2. The first-order chi connectivity index (χ1) is 49.3. The first-order valence-electron chi connectivity index (χ1n) is 37.5. The molecule has 4 heterocycles. The van der Waals surface area contributed by atoms with Gasteiger partial charge in [0.25, 0.3) is 0 Å². The Morgan fingerprint density at radius 1 is 0.210 bits per heavy atom. The van der Waals surface area contributed by atoms with Crippen LogP contribution in [0.25, 0.3) is 45.6 Å². The summed E-state index contributed by atoms with van der Waals surface area (Å²) in [4.78, 5) is 36.1. The van der Waals surface area contributed by atoms with Crippen LogP contribution in [0.1, 0.15) is 204 Å². The molecule has 8 rings (SSSR count). The fraction of sp³-hybridized carbons (Fsp3) is 0.524. The minimum atomic E-state index is 0.555. The van der Waals surface area contributed by atoms with Crippen LogP contribution in [0.2, 0.25) is 0 Å². The van der Waals surface area contributed by atoms with Crippen LogP contribution < -0.4 is 18.9 Å². The predicted octanol–water partition coefficient (Wildman–Crippen LogP) is 20.3. The van der Waals surface area contributed by atoms with E-state index in [-0.39, 0.29) is 0 Å². The lowest BCUT2D eigenvalue weighted by atomic mass is 10.1. The van der Waals surface area contributed by atoms with Crippen LogP contribution >= 0.6 is 0 Å². The number of rotatable bonds is 48. The second-order valence-corrected chi connectivity index (χ2v) is 25.2. The molecule has 0 unspecified atom stereocenters. The molecule has 0 N–H and O–H groups in total. The monoisotopic (exact) mass is 1370 g/mol. The van der Waals surface area contributed by atoms with Crippen molar-refractivity contribution < 1.29 is 37.9 Å². The summed E-state index contributed by atoms with van der Waals surface area (Å²) >= 11 is 0. The van der Waals surface area contributed by atoms with Crippen molar-refractivity contribution in [2.45, 2.75) is 207 Å². The van der Waals surface area contributed by atoms with Gasteiger partial charge in [-0.3, -0.25) is 0 Å². The van der Waals surface area contributed by atoms with Gasteiger partial charge in [-0.25, -0.2) is 39.9 Å². The molecule has 0 fully saturated rings. The zero-order chi connectivity index (χ0) is 71.0. The standard InChI is InChI=1S/C23H34N2O2.C22H32N2O2.C20H28N2O2.C19H26N2O2/c1-3-4-5-6-7-8-9-10-11-20-18-24-23(25-19-20)21-12-14-22(15-13-21)27-17-16-26-2;1-3-4-5-6-7-8-9-10-19-17-23-22(24-18-19)20-11-13-21(14-12-20)26-16-15-25-2;1-3-4-5-6-7-8-17-15-21-20(22-16-17)18-9-11-19(12-10-18)24-14-13-23-2;1-3-4-5-6-7-16-14-20-19(21-15-16)17-8-10-18(11-9-17)23-13-12-22-2/h12-15,18-19H,3-11,16-17H2,1-2H3;11-14,17-18H,3-10,15-16H2,1-2H3;9-12,15-16H,3-8,13-14H2,1-2H3;8-11,14-15H,3-7,12-13H2,1-2H3. The molecule has 0 spiro atoms. The molecule has 0 radical (unpaired) electrons. The third-order valence-corrected chi connectivity index (χ3v) is 16.8. The molecule has 0 bridgehead atoms. The van der Waals surface area contributed by atoms with Crippen LogP contribution in [-0.4, -0.2) is 121 Å². The van der Waals surface area contributed by atoms with Crippen molar-refractivity contribution >= 4 is 0 Å². The molecule has 544 valence electrons. The highest BCUT2D eigenvalue weighted by Crippen LogP contribution is 2.25. The molecule has 0 saturated carbocycles. The molecule has 0 saturated heterocycles. The van der Waals surface area contributed by atoms with E-state index < -0.39 is 0 Å². The quantitative estimate of drug-likeness (QED) is 0.0329. The minimum absolute atomic E-state index is 0.555. The molecule has 4 aromatic carbocycles. The highest BCUT2D eigenvalue weighted by Gasteiger charge is 2.09. The topological polar surface area (TPSA) is 177 Å². The number of aryl methyl sites for hydroxylation is 4. The molecule has 16 heteroatoms. The Morgan fingerprint density at radius 2 is 0.380 bits per heavy atom. The minimum Gasteiger partial charge on any atom is -0.491 e. The van der Waals surface area contributed by atoms with Crippen molar-refractivity contribution in [3.63, 3.8) is 0 Å². The highest BCUT2D eigenvalue weighted by atomic mass is 16.5. The van der Waals surface area contributed by atoms with Crippen molar-refractivity contribution in [1.82, 2.24) is 39.9 Å². The maximum Gasteiger partial charge on any atom is 0.159 e. The van der Waals surface area contributed by atoms with Crippen LogP contribution in [0.4, 0.5) is 0 Å². The van der Waals surface area contributed by atoms with E-state index >= 15 is 0 Å². The van der Waals surface area contributed by atoms with Gasteiger partial charge in [-0.15, -0.1) is 0 Å². The lowest BCUT2D eigenvalue weighted by Gasteiger charge is -2.07. The maximum atomic E-state index is 5.58. The van der Waals surface area contributed by atoms with Gasteiger partial charge < -0.3 is 37.9 Å². The molecule has 4 aromatic heterocycles. The second kappa shape index (κ2) is 55.0. The number of methoxy groups -OCH3 is 4.